The largest absolute Gasteiger partial charge is 0.399 e. The lowest BCUT2D eigenvalue weighted by molar-refractivity contribution is 0.0930. The van der Waals surface area contributed by atoms with Gasteiger partial charge in [0.05, 0.1) is 17.3 Å². The number of anilines is 1. The lowest BCUT2D eigenvalue weighted by atomic mass is 9.87. The number of carbonyl (C=O) groups excluding carboxylic acids is 1. The summed E-state index contributed by atoms with van der Waals surface area (Å²) in [5.41, 5.74) is 10.4. The Morgan fingerprint density at radius 1 is 1.38 bits per heavy atom. The van der Waals surface area contributed by atoms with Crippen molar-refractivity contribution < 1.29 is 4.79 Å². The van der Waals surface area contributed by atoms with Crippen LogP contribution in [-0.2, 0) is 6.42 Å². The molecule has 3 rings (SSSR count). The summed E-state index contributed by atoms with van der Waals surface area (Å²) in [6, 6.07) is 5.97. The highest BCUT2D eigenvalue weighted by Gasteiger charge is 2.24. The zero-order valence-corrected chi connectivity index (χ0v) is 14.5. The fourth-order valence-corrected chi connectivity index (χ4v) is 3.32. The lowest BCUT2D eigenvalue weighted by Gasteiger charge is -2.27. The van der Waals surface area contributed by atoms with Gasteiger partial charge in [-0.15, -0.1) is 0 Å². The molecule has 0 fully saturated rings. The molecule has 5 nitrogen and oxygen atoms in total. The number of nitrogen functional groups attached to an aromatic ring is 1. The second-order valence-electron chi connectivity index (χ2n) is 6.75. The Balaban J connectivity index is 1.87. The number of aryl methyl sites for hydroxylation is 2. The van der Waals surface area contributed by atoms with Gasteiger partial charge in [-0.2, -0.15) is 0 Å². The molecule has 24 heavy (non-hydrogen) atoms. The highest BCUT2D eigenvalue weighted by molar-refractivity contribution is 5.95. The normalized spacial score (nSPS) is 16.8. The number of hydrogen-bond acceptors (Lipinski definition) is 4. The van der Waals surface area contributed by atoms with E-state index in [0.29, 0.717) is 11.4 Å². The van der Waals surface area contributed by atoms with Gasteiger partial charge < -0.3 is 11.1 Å². The molecule has 5 heteroatoms. The summed E-state index contributed by atoms with van der Waals surface area (Å²) in [7, 11) is 0. The first-order chi connectivity index (χ1) is 11.5. The van der Waals surface area contributed by atoms with Crippen LogP contribution in [0.25, 0.3) is 0 Å². The van der Waals surface area contributed by atoms with Gasteiger partial charge >= 0.3 is 0 Å². The van der Waals surface area contributed by atoms with Crippen molar-refractivity contribution in [1.82, 2.24) is 15.3 Å². The molecule has 0 spiro atoms. The van der Waals surface area contributed by atoms with Crippen LogP contribution in [0.1, 0.15) is 71.7 Å². The third kappa shape index (κ3) is 3.25. The number of nitrogens with one attached hydrogen (secondary N) is 1. The second-order valence-corrected chi connectivity index (χ2v) is 6.75. The van der Waals surface area contributed by atoms with Crippen molar-refractivity contribution in [2.45, 2.75) is 52.0 Å². The lowest BCUT2D eigenvalue weighted by Crippen LogP contribution is -2.32. The van der Waals surface area contributed by atoms with Crippen LogP contribution in [0.3, 0.4) is 0 Å². The van der Waals surface area contributed by atoms with Crippen molar-refractivity contribution in [3.8, 4) is 0 Å². The van der Waals surface area contributed by atoms with Crippen LogP contribution in [0.5, 0.6) is 0 Å². The van der Waals surface area contributed by atoms with E-state index in [2.05, 4.69) is 15.3 Å². The SMILES string of the molecule is Cc1ncc(C(=O)NC2CCCc3cc(N)ccc32)c(C(C)C)n1. The number of benzene rings is 1. The number of nitrogens with zero attached hydrogens (tertiary/aromatic N) is 2. The van der Waals surface area contributed by atoms with Crippen LogP contribution < -0.4 is 11.1 Å². The van der Waals surface area contributed by atoms with Gasteiger partial charge in [0, 0.05) is 11.9 Å². The first kappa shape index (κ1) is 16.4. The van der Waals surface area contributed by atoms with Gasteiger partial charge in [-0.25, -0.2) is 9.97 Å². The minimum atomic E-state index is -0.103. The Bertz CT molecular complexity index is 770. The van der Waals surface area contributed by atoms with E-state index in [4.69, 9.17) is 5.73 Å². The molecule has 0 saturated heterocycles. The molecule has 1 aromatic heterocycles. The van der Waals surface area contributed by atoms with E-state index in [1.165, 1.54) is 11.1 Å². The molecule has 1 unspecified atom stereocenters. The van der Waals surface area contributed by atoms with Gasteiger partial charge in [-0.05, 0) is 55.4 Å². The Morgan fingerprint density at radius 3 is 2.92 bits per heavy atom. The third-order valence-corrected chi connectivity index (χ3v) is 4.52. The van der Waals surface area contributed by atoms with Crippen LogP contribution in [0.15, 0.2) is 24.4 Å². The summed E-state index contributed by atoms with van der Waals surface area (Å²) in [6.45, 7) is 5.92. The monoisotopic (exact) mass is 324 g/mol. The number of nitrogens with two attached hydrogens (primary N) is 1. The third-order valence-electron chi connectivity index (χ3n) is 4.52. The Kier molecular flexibility index (Phi) is 4.51. The van der Waals surface area contributed by atoms with Gasteiger partial charge in [-0.3, -0.25) is 4.79 Å². The Morgan fingerprint density at radius 2 is 2.17 bits per heavy atom. The highest BCUT2D eigenvalue weighted by atomic mass is 16.1. The Labute approximate surface area is 142 Å². The van der Waals surface area contributed by atoms with Crippen molar-refractivity contribution in [1.29, 1.82) is 0 Å². The topological polar surface area (TPSA) is 80.9 Å². The molecule has 126 valence electrons. The average molecular weight is 324 g/mol. The number of aromatic nitrogens is 2. The number of amides is 1. The molecule has 3 N–H and O–H groups in total. The van der Waals surface area contributed by atoms with Gasteiger partial charge in [0.1, 0.15) is 5.82 Å². The predicted molar refractivity (Wildman–Crippen MR) is 94.9 cm³/mol. The molecule has 0 radical (unpaired) electrons. The molecule has 0 bridgehead atoms. The van der Waals surface area contributed by atoms with E-state index in [9.17, 15) is 4.79 Å². The number of carbonyl (C=O) groups is 1. The molecule has 0 aliphatic heterocycles. The van der Waals surface area contributed by atoms with Gasteiger partial charge in [-0.1, -0.05) is 19.9 Å². The van der Waals surface area contributed by atoms with Crippen molar-refractivity contribution in [3.05, 3.63) is 52.6 Å². The Hall–Kier alpha value is -2.43. The number of hydrogen-bond donors (Lipinski definition) is 2. The van der Waals surface area contributed by atoms with Gasteiger partial charge in [0.15, 0.2) is 0 Å². The van der Waals surface area contributed by atoms with E-state index in [1.54, 1.807) is 6.20 Å². The maximum Gasteiger partial charge on any atom is 0.255 e. The maximum atomic E-state index is 12.8. The van der Waals surface area contributed by atoms with Crippen LogP contribution in [-0.4, -0.2) is 15.9 Å². The number of rotatable bonds is 3. The van der Waals surface area contributed by atoms with Crippen LogP contribution >= 0.6 is 0 Å². The maximum absolute atomic E-state index is 12.8. The second kappa shape index (κ2) is 6.59. The van der Waals surface area contributed by atoms with Crippen molar-refractivity contribution in [3.63, 3.8) is 0 Å². The summed E-state index contributed by atoms with van der Waals surface area (Å²) >= 11 is 0. The summed E-state index contributed by atoms with van der Waals surface area (Å²) < 4.78 is 0. The van der Waals surface area contributed by atoms with Crippen molar-refractivity contribution >= 4 is 11.6 Å². The molecule has 2 aromatic rings. The van der Waals surface area contributed by atoms with E-state index in [1.807, 2.05) is 39.0 Å². The van der Waals surface area contributed by atoms with E-state index < -0.39 is 0 Å². The zero-order valence-electron chi connectivity index (χ0n) is 14.5. The van der Waals surface area contributed by atoms with Crippen molar-refractivity contribution in [2.75, 3.05) is 5.73 Å². The molecule has 1 aromatic carbocycles. The summed E-state index contributed by atoms with van der Waals surface area (Å²) in [5, 5.41) is 3.17. The zero-order chi connectivity index (χ0) is 17.3. The summed E-state index contributed by atoms with van der Waals surface area (Å²) in [6.07, 6.45) is 4.63. The van der Waals surface area contributed by atoms with Crippen LogP contribution in [0.2, 0.25) is 0 Å². The average Bonchev–Trinajstić information content (AvgIpc) is 2.54. The molecule has 1 aliphatic rings. The summed E-state index contributed by atoms with van der Waals surface area (Å²) in [5.74, 6) is 0.757. The van der Waals surface area contributed by atoms with Crippen molar-refractivity contribution in [2.24, 2.45) is 0 Å². The van der Waals surface area contributed by atoms with Crippen LogP contribution in [0.4, 0.5) is 5.69 Å². The number of fused-ring (bicyclic) bond motifs is 1. The summed E-state index contributed by atoms with van der Waals surface area (Å²) in [4.78, 5) is 21.5. The molecule has 1 heterocycles. The molecule has 0 saturated carbocycles. The highest BCUT2D eigenvalue weighted by Crippen LogP contribution is 2.31. The first-order valence-electron chi connectivity index (χ1n) is 8.48. The fourth-order valence-electron chi connectivity index (χ4n) is 3.32. The smallest absolute Gasteiger partial charge is 0.255 e. The minimum absolute atomic E-state index is 0.0168. The van der Waals surface area contributed by atoms with E-state index in [-0.39, 0.29) is 17.9 Å². The van der Waals surface area contributed by atoms with E-state index >= 15 is 0 Å². The first-order valence-corrected chi connectivity index (χ1v) is 8.48. The molecular formula is C19H24N4O. The fraction of sp³-hybridized carbons (Fsp3) is 0.421. The van der Waals surface area contributed by atoms with E-state index in [0.717, 1.165) is 30.6 Å². The standard InChI is InChI=1S/C19H24N4O/c1-11(2)18-16(10-21-12(3)22-18)19(24)23-17-6-4-5-13-9-14(20)7-8-15(13)17/h7-11,17H,4-6,20H2,1-3H3,(H,23,24). The molecule has 1 aliphatic carbocycles. The molecular weight excluding hydrogens is 300 g/mol. The van der Waals surface area contributed by atoms with Crippen LogP contribution in [0, 0.1) is 6.92 Å². The quantitative estimate of drug-likeness (QED) is 0.849. The molecule has 1 atom stereocenters. The predicted octanol–water partition coefficient (Wildman–Crippen LogP) is 3.30. The van der Waals surface area contributed by atoms with Gasteiger partial charge in [0.2, 0.25) is 0 Å². The van der Waals surface area contributed by atoms with Gasteiger partial charge in [0.25, 0.3) is 5.91 Å². The minimum Gasteiger partial charge on any atom is -0.399 e. The molecule has 1 amide bonds.